The maximum Gasteiger partial charge on any atom is 0.325 e. The first kappa shape index (κ1) is 17.0. The van der Waals surface area contributed by atoms with E-state index in [0.29, 0.717) is 13.0 Å². The molecule has 1 fully saturated rings. The number of hydrogen-bond donors (Lipinski definition) is 1. The van der Waals surface area contributed by atoms with Crippen molar-refractivity contribution in [3.8, 4) is 0 Å². The van der Waals surface area contributed by atoms with Gasteiger partial charge < -0.3 is 5.32 Å². The van der Waals surface area contributed by atoms with Crippen LogP contribution in [0.2, 0.25) is 0 Å². The summed E-state index contributed by atoms with van der Waals surface area (Å²) in [5, 5.41) is 7.12. The summed E-state index contributed by atoms with van der Waals surface area (Å²) in [6.45, 7) is 0.877. The van der Waals surface area contributed by atoms with Crippen molar-refractivity contribution in [1.29, 1.82) is 0 Å². The van der Waals surface area contributed by atoms with Gasteiger partial charge >= 0.3 is 6.03 Å². The van der Waals surface area contributed by atoms with Crippen LogP contribution in [0.4, 0.5) is 4.79 Å². The second-order valence-electron chi connectivity index (χ2n) is 6.65. The molecule has 0 saturated carbocycles. The fourth-order valence-corrected chi connectivity index (χ4v) is 3.24. The van der Waals surface area contributed by atoms with Crippen LogP contribution in [-0.2, 0) is 24.3 Å². The Labute approximate surface area is 157 Å². The van der Waals surface area contributed by atoms with Crippen molar-refractivity contribution in [2.45, 2.75) is 25.6 Å². The number of hydrogen-bond acceptors (Lipinski definition) is 3. The fourth-order valence-electron chi connectivity index (χ4n) is 3.24. The molecular weight excluding hydrogens is 340 g/mol. The summed E-state index contributed by atoms with van der Waals surface area (Å²) < 4.78 is 1.81. The van der Waals surface area contributed by atoms with Crippen molar-refractivity contribution in [3.05, 3.63) is 89.7 Å². The molecule has 6 heteroatoms. The summed E-state index contributed by atoms with van der Waals surface area (Å²) in [4.78, 5) is 26.2. The minimum Gasteiger partial charge on any atom is -0.325 e. The third-order valence-electron chi connectivity index (χ3n) is 4.60. The van der Waals surface area contributed by atoms with E-state index in [1.807, 2.05) is 71.5 Å². The number of carbonyl (C=O) groups is 2. The molecule has 1 aromatic heterocycles. The van der Waals surface area contributed by atoms with Crippen molar-refractivity contribution < 1.29 is 9.59 Å². The molecule has 6 nitrogen and oxygen atoms in total. The highest BCUT2D eigenvalue weighted by Gasteiger charge is 2.37. The zero-order chi connectivity index (χ0) is 18.6. The Bertz CT molecular complexity index is 937. The highest BCUT2D eigenvalue weighted by atomic mass is 16.2. The lowest BCUT2D eigenvalue weighted by atomic mass is 10.1. The number of aromatic nitrogens is 2. The van der Waals surface area contributed by atoms with Gasteiger partial charge in [-0.2, -0.15) is 5.10 Å². The van der Waals surface area contributed by atoms with Crippen LogP contribution in [0.15, 0.2) is 73.1 Å². The number of imide groups is 1. The van der Waals surface area contributed by atoms with E-state index >= 15 is 0 Å². The Morgan fingerprint density at radius 1 is 0.852 bits per heavy atom. The minimum absolute atomic E-state index is 0.195. The maximum absolute atomic E-state index is 12.6. The third-order valence-corrected chi connectivity index (χ3v) is 4.60. The smallest absolute Gasteiger partial charge is 0.325 e. The molecule has 4 rings (SSSR count). The van der Waals surface area contributed by atoms with E-state index in [1.54, 1.807) is 6.20 Å². The fraction of sp³-hybridized carbons (Fsp3) is 0.190. The molecule has 1 unspecified atom stereocenters. The van der Waals surface area contributed by atoms with Gasteiger partial charge in [0.05, 0.1) is 19.3 Å². The summed E-state index contributed by atoms with van der Waals surface area (Å²) in [7, 11) is 0. The van der Waals surface area contributed by atoms with E-state index in [2.05, 4.69) is 10.4 Å². The first-order valence-electron chi connectivity index (χ1n) is 8.90. The molecule has 3 amide bonds. The normalized spacial score (nSPS) is 16.6. The largest absolute Gasteiger partial charge is 0.325 e. The van der Waals surface area contributed by atoms with Gasteiger partial charge in [-0.05, 0) is 11.1 Å². The number of rotatable bonds is 6. The van der Waals surface area contributed by atoms with Crippen molar-refractivity contribution >= 4 is 11.9 Å². The second-order valence-corrected chi connectivity index (χ2v) is 6.65. The first-order valence-corrected chi connectivity index (χ1v) is 8.90. The highest BCUT2D eigenvalue weighted by molar-refractivity contribution is 6.04. The van der Waals surface area contributed by atoms with Crippen LogP contribution >= 0.6 is 0 Å². The lowest BCUT2D eigenvalue weighted by Crippen LogP contribution is -2.32. The number of nitrogens with zero attached hydrogens (tertiary/aromatic N) is 3. The summed E-state index contributed by atoms with van der Waals surface area (Å²) in [5.74, 6) is -0.195. The number of benzene rings is 2. The van der Waals surface area contributed by atoms with Gasteiger partial charge in [0, 0.05) is 18.2 Å². The van der Waals surface area contributed by atoms with Gasteiger partial charge in [-0.1, -0.05) is 60.7 Å². The number of urea groups is 1. The Balaban J connectivity index is 1.40. The summed E-state index contributed by atoms with van der Waals surface area (Å²) >= 11 is 0. The average Bonchev–Trinajstić information content (AvgIpc) is 3.23. The molecule has 136 valence electrons. The van der Waals surface area contributed by atoms with Crippen LogP contribution in [-0.4, -0.2) is 32.7 Å². The van der Waals surface area contributed by atoms with Gasteiger partial charge in [0.15, 0.2) is 0 Å². The van der Waals surface area contributed by atoms with Crippen LogP contribution < -0.4 is 5.32 Å². The molecule has 1 aliphatic heterocycles. The summed E-state index contributed by atoms with van der Waals surface area (Å²) in [6, 6.07) is 18.8. The van der Waals surface area contributed by atoms with E-state index in [0.717, 1.165) is 16.7 Å². The van der Waals surface area contributed by atoms with E-state index in [-0.39, 0.29) is 18.5 Å². The van der Waals surface area contributed by atoms with E-state index in [1.165, 1.54) is 4.90 Å². The molecular formula is C21H20N4O2. The van der Waals surface area contributed by atoms with Crippen LogP contribution in [0.1, 0.15) is 16.7 Å². The van der Waals surface area contributed by atoms with Gasteiger partial charge in [-0.15, -0.1) is 0 Å². The van der Waals surface area contributed by atoms with Gasteiger partial charge in [0.1, 0.15) is 6.04 Å². The molecule has 0 spiro atoms. The van der Waals surface area contributed by atoms with Crippen LogP contribution in [0.25, 0.3) is 0 Å². The van der Waals surface area contributed by atoms with E-state index < -0.39 is 6.04 Å². The van der Waals surface area contributed by atoms with Gasteiger partial charge in [0.25, 0.3) is 5.91 Å². The molecule has 2 aromatic carbocycles. The summed E-state index contributed by atoms with van der Waals surface area (Å²) in [5.41, 5.74) is 2.99. The molecule has 27 heavy (non-hydrogen) atoms. The van der Waals surface area contributed by atoms with E-state index in [4.69, 9.17) is 0 Å². The molecule has 0 aliphatic carbocycles. The Morgan fingerprint density at radius 3 is 2.22 bits per heavy atom. The maximum atomic E-state index is 12.6. The first-order chi connectivity index (χ1) is 13.2. The molecule has 2 heterocycles. The van der Waals surface area contributed by atoms with Crippen molar-refractivity contribution in [1.82, 2.24) is 20.0 Å². The zero-order valence-electron chi connectivity index (χ0n) is 14.8. The predicted molar refractivity (Wildman–Crippen MR) is 101 cm³/mol. The predicted octanol–water partition coefficient (Wildman–Crippen LogP) is 2.59. The zero-order valence-corrected chi connectivity index (χ0v) is 14.8. The summed E-state index contributed by atoms with van der Waals surface area (Å²) in [6.07, 6.45) is 4.07. The number of amides is 3. The molecule has 1 saturated heterocycles. The van der Waals surface area contributed by atoms with Crippen molar-refractivity contribution in [3.63, 3.8) is 0 Å². The van der Waals surface area contributed by atoms with Gasteiger partial charge in [-0.3, -0.25) is 14.4 Å². The van der Waals surface area contributed by atoms with Crippen LogP contribution in [0.3, 0.4) is 0 Å². The van der Waals surface area contributed by atoms with Gasteiger partial charge in [-0.25, -0.2) is 4.79 Å². The third kappa shape index (κ3) is 3.89. The molecule has 1 atom stereocenters. The Hall–Kier alpha value is -3.41. The lowest BCUT2D eigenvalue weighted by Gasteiger charge is -2.11. The van der Waals surface area contributed by atoms with Crippen molar-refractivity contribution in [2.24, 2.45) is 0 Å². The van der Waals surface area contributed by atoms with Crippen LogP contribution in [0, 0.1) is 0 Å². The second kappa shape index (κ2) is 7.45. The quantitative estimate of drug-likeness (QED) is 0.687. The highest BCUT2D eigenvalue weighted by Crippen LogP contribution is 2.15. The Morgan fingerprint density at radius 2 is 1.52 bits per heavy atom. The standard InChI is InChI=1S/C21H20N4O2/c26-20-19(11-16-7-3-1-4-8-16)23-21(27)25(20)15-18-12-22-24(14-18)13-17-9-5-2-6-10-17/h1-10,12,14,19H,11,13,15H2,(H,23,27). The Kier molecular flexibility index (Phi) is 4.70. The minimum atomic E-state index is -0.515. The molecule has 0 bridgehead atoms. The number of carbonyl (C=O) groups excluding carboxylic acids is 2. The van der Waals surface area contributed by atoms with Crippen molar-refractivity contribution in [2.75, 3.05) is 0 Å². The average molecular weight is 360 g/mol. The molecule has 3 aromatic rings. The SMILES string of the molecule is O=C1NC(Cc2ccccc2)C(=O)N1Cc1cnn(Cc2ccccc2)c1. The lowest BCUT2D eigenvalue weighted by molar-refractivity contribution is -0.127. The topological polar surface area (TPSA) is 67.2 Å². The molecule has 1 N–H and O–H groups in total. The molecule has 0 radical (unpaired) electrons. The van der Waals surface area contributed by atoms with Crippen LogP contribution in [0.5, 0.6) is 0 Å². The van der Waals surface area contributed by atoms with Gasteiger partial charge in [0.2, 0.25) is 0 Å². The van der Waals surface area contributed by atoms with E-state index in [9.17, 15) is 9.59 Å². The molecule has 1 aliphatic rings. The number of nitrogens with one attached hydrogen (secondary N) is 1. The monoisotopic (exact) mass is 360 g/mol.